The van der Waals surface area contributed by atoms with Crippen LogP contribution < -0.4 is 12.5 Å². The maximum Gasteiger partial charge on any atom is 0.340 e. The van der Waals surface area contributed by atoms with Gasteiger partial charge < -0.3 is 12.5 Å². The van der Waals surface area contributed by atoms with E-state index in [1.807, 2.05) is 30.3 Å². The Morgan fingerprint density at radius 1 is 0.432 bits per heavy atom. The van der Waals surface area contributed by atoms with Crippen LogP contribution in [0.25, 0.3) is 32.3 Å². The Bertz CT molecular complexity index is 2680. The molecule has 0 saturated heterocycles. The molecule has 44 heavy (non-hydrogen) atoms. The Morgan fingerprint density at radius 2 is 0.864 bits per heavy atom. The van der Waals surface area contributed by atoms with Crippen LogP contribution in [0.4, 0.5) is 0 Å². The van der Waals surface area contributed by atoms with Gasteiger partial charge in [0.25, 0.3) is 0 Å². The largest absolute Gasteiger partial charge is 0.378 e. The fourth-order valence-electron chi connectivity index (χ4n) is 6.69. The van der Waals surface area contributed by atoms with Gasteiger partial charge in [0.1, 0.15) is 14.7 Å². The van der Waals surface area contributed by atoms with Crippen LogP contribution in [-0.2, 0) is 43.2 Å². The first-order valence-electron chi connectivity index (χ1n) is 13.5. The summed E-state index contributed by atoms with van der Waals surface area (Å²) in [4.78, 5) is 0.285. The topological polar surface area (TPSA) is 130 Å². The molecule has 0 bridgehead atoms. The summed E-state index contributed by atoms with van der Waals surface area (Å²) >= 11 is 0. The third-order valence-corrected chi connectivity index (χ3v) is 12.3. The maximum absolute atomic E-state index is 13.1. The second-order valence-electron chi connectivity index (χ2n) is 11.0. The van der Waals surface area contributed by atoms with Crippen molar-refractivity contribution in [3.63, 3.8) is 0 Å². The van der Waals surface area contributed by atoms with Crippen LogP contribution in [0.1, 0.15) is 22.3 Å². The van der Waals surface area contributed by atoms with E-state index in [2.05, 4.69) is 0 Å². The Balaban J connectivity index is 1.26. The summed E-state index contributed by atoms with van der Waals surface area (Å²) in [6.07, 6.45) is 0.613. The van der Waals surface area contributed by atoms with E-state index in [-0.39, 0.29) is 38.4 Å². The maximum atomic E-state index is 13.1. The van der Waals surface area contributed by atoms with E-state index in [1.54, 1.807) is 36.4 Å². The molecular formula is C32H18O9S3. The first-order valence-corrected chi connectivity index (χ1v) is 17.7. The summed E-state index contributed by atoms with van der Waals surface area (Å²) in [7, 11) is -11.9. The summed E-state index contributed by atoms with van der Waals surface area (Å²) in [6.45, 7) is 0. The monoisotopic (exact) mass is 642 g/mol. The van der Waals surface area contributed by atoms with E-state index in [9.17, 15) is 25.3 Å². The van der Waals surface area contributed by atoms with Gasteiger partial charge in [0, 0.05) is 28.1 Å². The lowest BCUT2D eigenvalue weighted by Crippen LogP contribution is -2.04. The minimum atomic E-state index is -4.06. The summed E-state index contributed by atoms with van der Waals surface area (Å²) < 4.78 is 92.7. The lowest BCUT2D eigenvalue weighted by Gasteiger charge is -2.15. The van der Waals surface area contributed by atoms with E-state index in [4.69, 9.17) is 12.5 Å². The molecule has 0 N–H and O–H groups in total. The van der Waals surface area contributed by atoms with E-state index >= 15 is 0 Å². The average Bonchev–Trinajstić information content (AvgIpc) is 3.54. The van der Waals surface area contributed by atoms with Crippen molar-refractivity contribution in [2.45, 2.75) is 27.5 Å². The minimum Gasteiger partial charge on any atom is -0.378 e. The van der Waals surface area contributed by atoms with Gasteiger partial charge in [-0.3, -0.25) is 0 Å². The molecule has 0 fully saturated rings. The van der Waals surface area contributed by atoms with E-state index < -0.39 is 30.4 Å². The van der Waals surface area contributed by atoms with Crippen molar-refractivity contribution < 1.29 is 37.8 Å². The summed E-state index contributed by atoms with van der Waals surface area (Å²) in [5.74, 6) is 0.770. The van der Waals surface area contributed by atoms with Crippen LogP contribution in [0.15, 0.2) is 99.6 Å². The lowest BCUT2D eigenvalue weighted by molar-refractivity contribution is 0.495. The van der Waals surface area contributed by atoms with Crippen LogP contribution >= 0.6 is 0 Å². The van der Waals surface area contributed by atoms with Crippen molar-refractivity contribution in [2.75, 3.05) is 0 Å². The Labute approximate surface area is 251 Å². The second kappa shape index (κ2) is 8.29. The van der Waals surface area contributed by atoms with E-state index in [0.717, 1.165) is 22.1 Å². The Kier molecular flexibility index (Phi) is 4.86. The molecule has 3 aliphatic heterocycles. The van der Waals surface area contributed by atoms with Gasteiger partial charge in [-0.05, 0) is 69.6 Å². The fourth-order valence-corrected chi connectivity index (χ4v) is 10.2. The highest BCUT2D eigenvalue weighted by molar-refractivity contribution is 7.88. The molecular weight excluding hydrogens is 625 g/mol. The smallest absolute Gasteiger partial charge is 0.340 e. The van der Waals surface area contributed by atoms with Crippen LogP contribution in [0.5, 0.6) is 17.2 Å². The average molecular weight is 643 g/mol. The number of rotatable bonds is 4. The Morgan fingerprint density at radius 3 is 1.39 bits per heavy atom. The van der Waals surface area contributed by atoms with Crippen molar-refractivity contribution in [1.82, 2.24) is 0 Å². The first kappa shape index (κ1) is 25.8. The van der Waals surface area contributed by atoms with Crippen LogP contribution in [0.3, 0.4) is 0 Å². The molecule has 0 saturated carbocycles. The predicted octanol–water partition coefficient (Wildman–Crippen LogP) is 5.57. The molecule has 9 nitrogen and oxygen atoms in total. The predicted molar refractivity (Wildman–Crippen MR) is 161 cm³/mol. The third kappa shape index (κ3) is 3.41. The number of hydrogen-bond acceptors (Lipinski definition) is 9. The SMILES string of the molecule is O=S1(=O)Oc2ccc(Cc3cc(Cc4ccc5c6c(cccc46)S(=O)(=O)O5)c4cccc5c4c3OS5(=O)=O)c3cccc1c23. The molecule has 9 rings (SSSR count). The quantitative estimate of drug-likeness (QED) is 0.227. The molecule has 0 atom stereocenters. The highest BCUT2D eigenvalue weighted by Gasteiger charge is 2.35. The molecule has 6 aromatic rings. The third-order valence-electron chi connectivity index (χ3n) is 8.51. The van der Waals surface area contributed by atoms with Gasteiger partial charge in [-0.25, -0.2) is 0 Å². The normalized spacial score (nSPS) is 17.5. The standard InChI is InChI=1S/C32H18O9S3/c33-42(34)26-7-1-4-21-17(10-12-24(39-42)29(21)26)14-19-16-20(32-31-23(19)6-3-9-28(31)44(37,38)41-32)15-18-11-13-25-30-22(18)5-2-8-27(30)43(35,36)40-25/h1-13,16H,14-15H2. The van der Waals surface area contributed by atoms with Crippen LogP contribution in [0, 0.1) is 0 Å². The fraction of sp³-hybridized carbons (Fsp3) is 0.0625. The van der Waals surface area contributed by atoms with Gasteiger partial charge in [-0.2, -0.15) is 25.3 Å². The molecule has 218 valence electrons. The van der Waals surface area contributed by atoms with Crippen LogP contribution in [-0.4, -0.2) is 25.3 Å². The van der Waals surface area contributed by atoms with E-state index in [0.29, 0.717) is 38.9 Å². The molecule has 0 aromatic heterocycles. The molecule has 6 aromatic carbocycles. The van der Waals surface area contributed by atoms with Gasteiger partial charge in [0.05, 0.1) is 0 Å². The number of benzene rings is 6. The van der Waals surface area contributed by atoms with Gasteiger partial charge in [0.15, 0.2) is 17.2 Å². The summed E-state index contributed by atoms with van der Waals surface area (Å²) in [5.41, 5.74) is 3.04. The molecule has 0 aliphatic carbocycles. The zero-order chi connectivity index (χ0) is 30.2. The molecule has 0 spiro atoms. The minimum absolute atomic E-state index is 0.0768. The molecule has 3 aliphatic rings. The zero-order valence-electron chi connectivity index (χ0n) is 22.4. The zero-order valence-corrected chi connectivity index (χ0v) is 24.8. The lowest BCUT2D eigenvalue weighted by atomic mass is 9.90. The first-order chi connectivity index (χ1) is 21.0. The highest BCUT2D eigenvalue weighted by atomic mass is 32.2. The van der Waals surface area contributed by atoms with Crippen molar-refractivity contribution in [3.05, 3.63) is 107 Å². The van der Waals surface area contributed by atoms with Gasteiger partial charge in [-0.15, -0.1) is 0 Å². The van der Waals surface area contributed by atoms with Crippen molar-refractivity contribution in [1.29, 1.82) is 0 Å². The van der Waals surface area contributed by atoms with Crippen LogP contribution in [0.2, 0.25) is 0 Å². The van der Waals surface area contributed by atoms with Gasteiger partial charge in [-0.1, -0.05) is 54.6 Å². The van der Waals surface area contributed by atoms with Crippen molar-refractivity contribution in [2.24, 2.45) is 0 Å². The summed E-state index contributed by atoms with van der Waals surface area (Å²) in [6, 6.07) is 23.8. The molecule has 3 heterocycles. The summed E-state index contributed by atoms with van der Waals surface area (Å²) in [5, 5.41) is 3.60. The van der Waals surface area contributed by atoms with Gasteiger partial charge in [0.2, 0.25) is 0 Å². The van der Waals surface area contributed by atoms with Gasteiger partial charge >= 0.3 is 30.4 Å². The highest BCUT2D eigenvalue weighted by Crippen LogP contribution is 2.47. The molecule has 0 amide bonds. The van der Waals surface area contributed by atoms with Crippen molar-refractivity contribution >= 4 is 62.7 Å². The molecule has 0 radical (unpaired) electrons. The number of hydrogen-bond donors (Lipinski definition) is 0. The van der Waals surface area contributed by atoms with Crippen molar-refractivity contribution in [3.8, 4) is 17.2 Å². The molecule has 0 unspecified atom stereocenters. The molecule has 12 heteroatoms. The van der Waals surface area contributed by atoms with E-state index in [1.165, 1.54) is 18.2 Å². The second-order valence-corrected chi connectivity index (χ2v) is 15.5. The Hall–Kier alpha value is -4.65.